The van der Waals surface area contributed by atoms with Gasteiger partial charge in [-0.2, -0.15) is 0 Å². The summed E-state index contributed by atoms with van der Waals surface area (Å²) in [5, 5.41) is 19.8. The largest absolute Gasteiger partial charge is 0.493 e. The maximum absolute atomic E-state index is 13.5. The van der Waals surface area contributed by atoms with E-state index in [0.29, 0.717) is 74.9 Å². The van der Waals surface area contributed by atoms with Gasteiger partial charge in [0.2, 0.25) is 0 Å². The van der Waals surface area contributed by atoms with E-state index in [4.69, 9.17) is 24.1 Å². The maximum atomic E-state index is 13.5. The van der Waals surface area contributed by atoms with Crippen molar-refractivity contribution >= 4 is 34.8 Å². The lowest BCUT2D eigenvalue weighted by Crippen LogP contribution is -2.20. The predicted molar refractivity (Wildman–Crippen MR) is 275 cm³/mol. The van der Waals surface area contributed by atoms with E-state index in [2.05, 4.69) is 85.4 Å². The highest BCUT2D eigenvalue weighted by atomic mass is 16.5. The minimum atomic E-state index is -0.343. The van der Waals surface area contributed by atoms with E-state index in [1.165, 1.54) is 0 Å². The molecule has 0 radical (unpaired) electrons. The Hall–Kier alpha value is -7.02. The van der Waals surface area contributed by atoms with E-state index >= 15 is 0 Å². The maximum Gasteiger partial charge on any atom is 0.323 e. The van der Waals surface area contributed by atoms with Gasteiger partial charge in [-0.15, -0.1) is 0 Å². The third-order valence-electron chi connectivity index (χ3n) is 10.7. The van der Waals surface area contributed by atoms with Gasteiger partial charge in [0.05, 0.1) is 26.4 Å². The average molecular weight is 925 g/mol. The molecule has 6 aromatic carbocycles. The molecule has 0 saturated heterocycles. The number of aliphatic hydroxyl groups excluding tert-OH is 1. The molecule has 8 bridgehead atoms. The van der Waals surface area contributed by atoms with Crippen molar-refractivity contribution in [1.29, 1.82) is 0 Å². The van der Waals surface area contributed by atoms with Crippen LogP contribution in [-0.2, 0) is 25.7 Å². The summed E-state index contributed by atoms with van der Waals surface area (Å²) >= 11 is 0. The fourth-order valence-corrected chi connectivity index (χ4v) is 8.02. The van der Waals surface area contributed by atoms with Crippen molar-refractivity contribution in [1.82, 2.24) is 0 Å². The first-order chi connectivity index (χ1) is 32.8. The summed E-state index contributed by atoms with van der Waals surface area (Å²) in [5.41, 5.74) is 10.3. The number of benzene rings is 6. The van der Waals surface area contributed by atoms with E-state index in [0.717, 1.165) is 93.2 Å². The second-order valence-electron chi connectivity index (χ2n) is 16.4. The van der Waals surface area contributed by atoms with Crippen LogP contribution in [0.25, 0.3) is 0 Å². The molecule has 12 nitrogen and oxygen atoms in total. The number of ether oxygens (including phenoxy) is 4. The van der Waals surface area contributed by atoms with Crippen LogP contribution in [-0.4, -0.2) is 55.7 Å². The molecule has 7 rings (SSSR count). The minimum Gasteiger partial charge on any atom is -0.493 e. The molecule has 0 unspecified atom stereocenters. The van der Waals surface area contributed by atoms with Crippen LogP contribution in [0.1, 0.15) is 105 Å². The number of amides is 4. The molecule has 7 N–H and O–H groups in total. The number of urea groups is 2. The molecule has 0 aromatic heterocycles. The summed E-state index contributed by atoms with van der Waals surface area (Å²) in [7, 11) is 0. The van der Waals surface area contributed by atoms with Gasteiger partial charge in [-0.1, -0.05) is 100 Å². The number of anilines is 4. The second kappa shape index (κ2) is 27.0. The van der Waals surface area contributed by atoms with Gasteiger partial charge < -0.3 is 50.8 Å². The smallest absolute Gasteiger partial charge is 0.323 e. The van der Waals surface area contributed by atoms with E-state index in [9.17, 15) is 9.59 Å². The highest BCUT2D eigenvalue weighted by molar-refractivity contribution is 6.00. The molecule has 4 amide bonds. The number of carbonyl (C=O) groups is 2. The minimum absolute atomic E-state index is 0. The van der Waals surface area contributed by atoms with E-state index in [-0.39, 0.29) is 24.1 Å². The van der Waals surface area contributed by atoms with Crippen LogP contribution >= 0.6 is 0 Å². The molecular formula is C56H68N4O8. The number of nitrogens with one attached hydrogen (secondary N) is 4. The Kier molecular flexibility index (Phi) is 20.6. The topological polar surface area (TPSA) is 171 Å². The van der Waals surface area contributed by atoms with E-state index < -0.39 is 0 Å². The molecule has 0 heterocycles. The molecule has 0 saturated carbocycles. The highest BCUT2D eigenvalue weighted by Crippen LogP contribution is 2.41. The van der Waals surface area contributed by atoms with E-state index in [1.54, 1.807) is 6.92 Å². The molecule has 0 fully saturated rings. The predicted octanol–water partition coefficient (Wildman–Crippen LogP) is 12.0. The van der Waals surface area contributed by atoms with Gasteiger partial charge in [-0.25, -0.2) is 9.59 Å². The van der Waals surface area contributed by atoms with Crippen LogP contribution < -0.4 is 40.2 Å². The fourth-order valence-electron chi connectivity index (χ4n) is 8.02. The molecule has 1 aliphatic carbocycles. The van der Waals surface area contributed by atoms with Crippen LogP contribution in [0.5, 0.6) is 23.0 Å². The zero-order valence-corrected chi connectivity index (χ0v) is 40.1. The Morgan fingerprint density at radius 2 is 0.647 bits per heavy atom. The molecule has 12 heteroatoms. The third-order valence-corrected chi connectivity index (χ3v) is 10.7. The number of fused-ring (bicyclic) bond motifs is 8. The zero-order chi connectivity index (χ0) is 47.4. The summed E-state index contributed by atoms with van der Waals surface area (Å²) in [4.78, 5) is 27.1. The van der Waals surface area contributed by atoms with Gasteiger partial charge >= 0.3 is 12.1 Å². The lowest BCUT2D eigenvalue weighted by atomic mass is 9.90. The number of hydrogen-bond donors (Lipinski definition) is 5. The fraction of sp³-hybridized carbons (Fsp3) is 0.321. The van der Waals surface area contributed by atoms with Crippen molar-refractivity contribution < 1.29 is 39.1 Å². The molecular weight excluding hydrogens is 857 g/mol. The number of rotatable bonds is 16. The monoisotopic (exact) mass is 925 g/mol. The first kappa shape index (κ1) is 52.0. The quantitative estimate of drug-likeness (QED) is 0.0642. The molecule has 0 spiro atoms. The van der Waals surface area contributed by atoms with Crippen LogP contribution in [0.3, 0.4) is 0 Å². The Balaban J connectivity index is 0.00000210. The average Bonchev–Trinajstić information content (AvgIpc) is 3.31. The molecule has 1 aliphatic rings. The van der Waals surface area contributed by atoms with Crippen LogP contribution in [0, 0.1) is 0 Å². The van der Waals surface area contributed by atoms with Crippen LogP contribution in [0.15, 0.2) is 121 Å². The lowest BCUT2D eigenvalue weighted by molar-refractivity contribution is 0.261. The summed E-state index contributed by atoms with van der Waals surface area (Å²) in [6.45, 7) is 12.4. The van der Waals surface area contributed by atoms with Crippen molar-refractivity contribution in [2.45, 2.75) is 86.0 Å². The van der Waals surface area contributed by atoms with Crippen LogP contribution in [0.4, 0.5) is 32.3 Å². The number of hydrogen-bond acceptors (Lipinski definition) is 7. The molecule has 360 valence electrons. The summed E-state index contributed by atoms with van der Waals surface area (Å²) < 4.78 is 26.8. The first-order valence-corrected chi connectivity index (χ1v) is 23.7. The number of carbonyl (C=O) groups excluding carboxylic acids is 2. The summed E-state index contributed by atoms with van der Waals surface area (Å²) in [6.07, 6.45) is 5.18. The van der Waals surface area contributed by atoms with E-state index in [1.807, 2.05) is 84.9 Å². The molecule has 0 atom stereocenters. The Labute approximate surface area is 401 Å². The second-order valence-corrected chi connectivity index (χ2v) is 16.4. The molecule has 6 aromatic rings. The van der Waals surface area contributed by atoms with Gasteiger partial charge in [0, 0.05) is 77.3 Å². The number of para-hydroxylation sites is 4. The molecule has 0 aliphatic heterocycles. The SMILES string of the molecule is CCCOc1c2cccc1Cc1cc(NC(=O)Nc3ccccc3)cc(c1OCCC)Cc1cccc(c1OCCC)Cc1cc(NC(=O)Nc3ccccc3)cc(c1OCCC)C2.CCO.O. The lowest BCUT2D eigenvalue weighted by Gasteiger charge is -2.24. The Morgan fingerprint density at radius 1 is 0.397 bits per heavy atom. The van der Waals surface area contributed by atoms with Gasteiger partial charge in [0.1, 0.15) is 23.0 Å². The Bertz CT molecular complexity index is 2270. The van der Waals surface area contributed by atoms with Crippen molar-refractivity contribution in [3.8, 4) is 23.0 Å². The Morgan fingerprint density at radius 3 is 0.912 bits per heavy atom. The van der Waals surface area contributed by atoms with Gasteiger partial charge in [0.25, 0.3) is 0 Å². The van der Waals surface area contributed by atoms with Crippen molar-refractivity contribution in [2.75, 3.05) is 54.3 Å². The summed E-state index contributed by atoms with van der Waals surface area (Å²) in [5.74, 6) is 3.16. The zero-order valence-electron chi connectivity index (χ0n) is 40.1. The number of aliphatic hydroxyl groups is 1. The standard InChI is InChI=1S/C54H60N4O6.C2H6O.H2O/c1-5-25-61-49-37-17-15-18-38(49)30-42-34-48(58-54(60)56-46-23-13-10-14-24-46)36-44(52(42)64-28-8-4)32-40-20-16-19-39(50(40)62-26-6-2)31-43-35-47(33-41(29-37)51(43)63-27-7-3)57-53(59)55-45-21-11-9-12-22-45;1-2-3;/h9-24,33-36H,5-8,25-32H2,1-4H3,(H2,55,57,59)(H2,56,58,60);3H,2H2,1H3;1H2. The van der Waals surface area contributed by atoms with Crippen molar-refractivity contribution in [2.24, 2.45) is 0 Å². The van der Waals surface area contributed by atoms with Crippen molar-refractivity contribution in [3.63, 3.8) is 0 Å². The normalized spacial score (nSPS) is 11.4. The van der Waals surface area contributed by atoms with Crippen molar-refractivity contribution in [3.05, 3.63) is 166 Å². The summed E-state index contributed by atoms with van der Waals surface area (Å²) in [6, 6.07) is 38.8. The third kappa shape index (κ3) is 14.5. The first-order valence-electron chi connectivity index (χ1n) is 23.7. The van der Waals surface area contributed by atoms with Crippen LogP contribution in [0.2, 0.25) is 0 Å². The van der Waals surface area contributed by atoms with Gasteiger partial charge in [-0.3, -0.25) is 0 Å². The van der Waals surface area contributed by atoms with Gasteiger partial charge in [-0.05, 0) is 103 Å². The van der Waals surface area contributed by atoms with Gasteiger partial charge in [0.15, 0.2) is 0 Å². The molecule has 68 heavy (non-hydrogen) atoms. The highest BCUT2D eigenvalue weighted by Gasteiger charge is 2.24.